The van der Waals surface area contributed by atoms with Crippen LogP contribution >= 0.6 is 31.9 Å². The summed E-state index contributed by atoms with van der Waals surface area (Å²) in [5.74, 6) is -0.479. The van der Waals surface area contributed by atoms with E-state index in [-0.39, 0.29) is 5.69 Å². The number of halogens is 2. The number of H-pyrrole nitrogens is 2. The van der Waals surface area contributed by atoms with Crippen molar-refractivity contribution in [3.8, 4) is 0 Å². The molecular weight excluding hydrogens is 752 g/mol. The van der Waals surface area contributed by atoms with E-state index in [1.54, 1.807) is 31.7 Å². The molecule has 0 fully saturated rings. The number of pyridine rings is 2. The first kappa shape index (κ1) is 31.0. The van der Waals surface area contributed by atoms with Gasteiger partial charge in [-0.25, -0.2) is 29.5 Å². The van der Waals surface area contributed by atoms with Crippen LogP contribution in [0.1, 0.15) is 50.4 Å². The molecule has 0 aromatic carbocycles. The Labute approximate surface area is 286 Å². The minimum Gasteiger partial charge on any atom is -0.477 e. The molecule has 0 spiro atoms. The van der Waals surface area contributed by atoms with Gasteiger partial charge in [-0.2, -0.15) is 0 Å². The molecule has 8 rings (SSSR count). The molecular formula is C30H22Br2N12O4. The van der Waals surface area contributed by atoms with Crippen LogP contribution in [0.15, 0.2) is 56.1 Å². The molecule has 48 heavy (non-hydrogen) atoms. The van der Waals surface area contributed by atoms with E-state index in [0.717, 1.165) is 33.9 Å². The summed E-state index contributed by atoms with van der Waals surface area (Å²) in [5, 5.41) is 16.8. The number of carbonyl (C=O) groups is 2. The maximum atomic E-state index is 12.1. The maximum absolute atomic E-state index is 12.1. The number of aromatic amines is 2. The Morgan fingerprint density at radius 2 is 1.29 bits per heavy atom. The standard InChI is InChI=1S/C16H13BrN6O2.C14H9BrN6O2/c1-2-25-16(24)13-12(17)11-14(20-7-21-15(11)23-13)22-9-3-8-4-18-6-10(8)19-5-9;15-10-9-12(18-5-19-13(9)21-11(10)14(22)23)20-7-1-6-2-16-4-8(6)17-3-7/h3-5,7H,2,6H2,1H3,(H2,20,21,22,23);1-3,5H,4H2,(H,22,23)(H2,18,19,20,21). The van der Waals surface area contributed by atoms with E-state index in [9.17, 15) is 14.7 Å². The van der Waals surface area contributed by atoms with Crippen molar-refractivity contribution < 1.29 is 19.4 Å². The average Bonchev–Trinajstić information content (AvgIpc) is 3.87. The third-order valence-electron chi connectivity index (χ3n) is 7.23. The van der Waals surface area contributed by atoms with E-state index in [0.29, 0.717) is 68.0 Å². The van der Waals surface area contributed by atoms with Crippen LogP contribution in [0.25, 0.3) is 22.1 Å². The predicted octanol–water partition coefficient (Wildman–Crippen LogP) is 5.46. The van der Waals surface area contributed by atoms with Crippen LogP contribution in [0.5, 0.6) is 0 Å². The number of hydrogen-bond acceptors (Lipinski definition) is 13. The van der Waals surface area contributed by atoms with E-state index < -0.39 is 11.9 Å². The van der Waals surface area contributed by atoms with Gasteiger partial charge < -0.3 is 30.4 Å². The molecule has 8 heterocycles. The maximum Gasteiger partial charge on any atom is 0.355 e. The fourth-order valence-electron chi connectivity index (χ4n) is 5.03. The second-order valence-electron chi connectivity index (χ2n) is 10.3. The minimum atomic E-state index is -1.07. The lowest BCUT2D eigenvalue weighted by atomic mass is 10.2. The van der Waals surface area contributed by atoms with Crippen LogP contribution in [0.3, 0.4) is 0 Å². The lowest BCUT2D eigenvalue weighted by Gasteiger charge is -2.07. The van der Waals surface area contributed by atoms with Gasteiger partial charge in [0.1, 0.15) is 47.0 Å². The quantitative estimate of drug-likeness (QED) is 0.128. The zero-order valence-corrected chi connectivity index (χ0v) is 27.9. The Hall–Kier alpha value is -5.62. The van der Waals surface area contributed by atoms with Crippen LogP contribution in [0.2, 0.25) is 0 Å². The molecule has 5 N–H and O–H groups in total. The van der Waals surface area contributed by atoms with Crippen molar-refractivity contribution >= 4 is 101 Å². The van der Waals surface area contributed by atoms with Gasteiger partial charge in [-0.3, -0.25) is 20.0 Å². The smallest absolute Gasteiger partial charge is 0.355 e. The number of anilines is 4. The SMILES string of the molecule is CCOC(=O)c1[nH]c2ncnc(Nc3cnc4c(c3)C=NC4)c2c1Br.O=C(O)c1[nH]c2ncnc(Nc3cnc4c(c3)C=NC4)c2c1Br. The fourth-order valence-corrected chi connectivity index (χ4v) is 6.31. The molecule has 0 atom stereocenters. The number of fused-ring (bicyclic) bond motifs is 4. The molecule has 16 nitrogen and oxygen atoms in total. The number of aliphatic imine (C=N–C) groups is 2. The van der Waals surface area contributed by atoms with Gasteiger partial charge >= 0.3 is 11.9 Å². The highest BCUT2D eigenvalue weighted by Crippen LogP contribution is 2.34. The van der Waals surface area contributed by atoms with Crippen LogP contribution < -0.4 is 10.6 Å². The zero-order chi connectivity index (χ0) is 33.4. The topological polar surface area (TPSA) is 221 Å². The number of ether oxygens (including phenoxy) is 1. The second kappa shape index (κ2) is 12.9. The number of aromatic carboxylic acids is 1. The Morgan fingerprint density at radius 3 is 1.79 bits per heavy atom. The summed E-state index contributed by atoms with van der Waals surface area (Å²) >= 11 is 6.75. The minimum absolute atomic E-state index is 0.0303. The van der Waals surface area contributed by atoms with Crippen molar-refractivity contribution in [2.45, 2.75) is 20.0 Å². The van der Waals surface area contributed by atoms with Gasteiger partial charge in [0, 0.05) is 23.6 Å². The van der Waals surface area contributed by atoms with Crippen molar-refractivity contribution in [3.05, 3.63) is 80.0 Å². The van der Waals surface area contributed by atoms with Gasteiger partial charge in [-0.15, -0.1) is 0 Å². The molecule has 0 amide bonds. The van der Waals surface area contributed by atoms with Crippen molar-refractivity contribution in [1.29, 1.82) is 0 Å². The number of nitrogens with zero attached hydrogens (tertiary/aromatic N) is 8. The highest BCUT2D eigenvalue weighted by atomic mass is 79.9. The summed E-state index contributed by atoms with van der Waals surface area (Å²) in [5.41, 5.74) is 6.63. The molecule has 18 heteroatoms. The molecule has 2 aliphatic rings. The first-order valence-electron chi connectivity index (χ1n) is 14.3. The van der Waals surface area contributed by atoms with Crippen molar-refractivity contribution in [3.63, 3.8) is 0 Å². The molecule has 0 radical (unpaired) electrons. The number of rotatable bonds is 7. The molecule has 6 aromatic rings. The Morgan fingerprint density at radius 1 is 0.792 bits per heavy atom. The van der Waals surface area contributed by atoms with Gasteiger partial charge in [0.25, 0.3) is 0 Å². The molecule has 240 valence electrons. The largest absolute Gasteiger partial charge is 0.477 e. The van der Waals surface area contributed by atoms with E-state index in [4.69, 9.17) is 4.74 Å². The van der Waals surface area contributed by atoms with E-state index >= 15 is 0 Å². The third kappa shape index (κ3) is 5.86. The first-order chi connectivity index (χ1) is 23.3. The third-order valence-corrected chi connectivity index (χ3v) is 8.81. The van der Waals surface area contributed by atoms with Gasteiger partial charge in [0.05, 0.1) is 74.6 Å². The zero-order valence-electron chi connectivity index (χ0n) is 24.7. The van der Waals surface area contributed by atoms with E-state index in [1.165, 1.54) is 12.7 Å². The fraction of sp³-hybridized carbons (Fsp3) is 0.133. The lowest BCUT2D eigenvalue weighted by Crippen LogP contribution is -2.05. The molecule has 2 aliphatic heterocycles. The monoisotopic (exact) mass is 772 g/mol. The summed E-state index contributed by atoms with van der Waals surface area (Å²) in [6.07, 6.45) is 9.78. The normalized spacial score (nSPS) is 12.5. The van der Waals surface area contributed by atoms with Gasteiger partial charge in [0.15, 0.2) is 0 Å². The number of hydrogen-bond donors (Lipinski definition) is 5. The van der Waals surface area contributed by atoms with Crippen LogP contribution in [0, 0.1) is 0 Å². The summed E-state index contributed by atoms with van der Waals surface area (Å²) in [6, 6.07) is 3.88. The molecule has 0 aliphatic carbocycles. The highest BCUT2D eigenvalue weighted by molar-refractivity contribution is 9.11. The number of aromatic nitrogens is 8. The van der Waals surface area contributed by atoms with Crippen molar-refractivity contribution in [1.82, 2.24) is 39.9 Å². The second-order valence-corrected chi connectivity index (χ2v) is 11.8. The molecule has 0 saturated carbocycles. The number of carbonyl (C=O) groups excluding carboxylic acids is 1. The molecule has 0 unspecified atom stereocenters. The van der Waals surface area contributed by atoms with Crippen LogP contribution in [-0.4, -0.2) is 76.0 Å². The number of carboxylic acid groups (broad SMARTS) is 1. The summed E-state index contributed by atoms with van der Waals surface area (Å²) in [6.45, 7) is 3.25. The summed E-state index contributed by atoms with van der Waals surface area (Å²) < 4.78 is 6.01. The number of esters is 1. The van der Waals surface area contributed by atoms with Gasteiger partial charge in [-0.1, -0.05) is 0 Å². The average molecular weight is 774 g/mol. The van der Waals surface area contributed by atoms with Gasteiger partial charge in [-0.05, 0) is 50.9 Å². The molecule has 0 saturated heterocycles. The van der Waals surface area contributed by atoms with Crippen LogP contribution in [0.4, 0.5) is 23.0 Å². The van der Waals surface area contributed by atoms with Crippen LogP contribution in [-0.2, 0) is 17.8 Å². The van der Waals surface area contributed by atoms with Gasteiger partial charge in [0.2, 0.25) is 0 Å². The lowest BCUT2D eigenvalue weighted by molar-refractivity contribution is 0.0519. The highest BCUT2D eigenvalue weighted by Gasteiger charge is 2.22. The Bertz CT molecular complexity index is 2320. The van der Waals surface area contributed by atoms with E-state index in [1.807, 2.05) is 12.1 Å². The Kier molecular flexibility index (Phi) is 8.32. The van der Waals surface area contributed by atoms with Crippen molar-refractivity contribution in [2.24, 2.45) is 9.98 Å². The Balaban J connectivity index is 0.000000152. The molecule has 0 bridgehead atoms. The number of nitrogens with one attached hydrogen (secondary N) is 4. The summed E-state index contributed by atoms with van der Waals surface area (Å²) in [7, 11) is 0. The number of carboxylic acids is 1. The molecule has 6 aromatic heterocycles. The summed E-state index contributed by atoms with van der Waals surface area (Å²) in [4.78, 5) is 62.9. The van der Waals surface area contributed by atoms with E-state index in [2.05, 4.69) is 92.4 Å². The predicted molar refractivity (Wildman–Crippen MR) is 184 cm³/mol. The van der Waals surface area contributed by atoms with Crippen molar-refractivity contribution in [2.75, 3.05) is 17.2 Å². The first-order valence-corrected chi connectivity index (χ1v) is 15.9.